The zero-order valence-corrected chi connectivity index (χ0v) is 12.5. The van der Waals surface area contributed by atoms with E-state index in [1.54, 1.807) is 0 Å². The maximum atomic E-state index is 6.21. The molecule has 2 aromatic rings. The van der Waals surface area contributed by atoms with Gasteiger partial charge in [0.25, 0.3) is 5.89 Å². The molecular weight excluding hydrogens is 264 g/mol. The number of hydrogen-bond donors (Lipinski definition) is 1. The summed E-state index contributed by atoms with van der Waals surface area (Å²) in [6.07, 6.45) is 3.84. The highest BCUT2D eigenvalue weighted by Gasteiger charge is 2.19. The quantitative estimate of drug-likeness (QED) is 0.935. The fourth-order valence-electron chi connectivity index (χ4n) is 2.70. The predicted molar refractivity (Wildman–Crippen MR) is 81.7 cm³/mol. The number of piperidine rings is 1. The van der Waals surface area contributed by atoms with E-state index in [1.807, 2.05) is 24.3 Å². The lowest BCUT2D eigenvalue weighted by molar-refractivity contribution is 0.213. The highest BCUT2D eigenvalue weighted by Crippen LogP contribution is 2.20. The summed E-state index contributed by atoms with van der Waals surface area (Å²) < 4.78 is 5.34. The van der Waals surface area contributed by atoms with Gasteiger partial charge < -0.3 is 15.2 Å². The van der Waals surface area contributed by atoms with Gasteiger partial charge >= 0.3 is 0 Å². The monoisotopic (exact) mass is 286 g/mol. The molecule has 1 unspecified atom stereocenters. The molecule has 3 rings (SSSR count). The second-order valence-corrected chi connectivity index (χ2v) is 5.79. The molecule has 0 aliphatic carbocycles. The normalized spacial score (nSPS) is 17.8. The molecule has 1 aromatic heterocycles. The lowest BCUT2D eigenvalue weighted by Gasteiger charge is -2.27. The number of likely N-dealkylation sites (tertiary alicyclic amines) is 1. The number of rotatable bonds is 4. The number of benzene rings is 1. The molecule has 21 heavy (non-hydrogen) atoms. The lowest BCUT2D eigenvalue weighted by Crippen LogP contribution is -2.36. The Balaban J connectivity index is 1.67. The van der Waals surface area contributed by atoms with Gasteiger partial charge in [-0.2, -0.15) is 4.98 Å². The van der Waals surface area contributed by atoms with Gasteiger partial charge in [0.2, 0.25) is 0 Å². The number of aryl methyl sites for hydroxylation is 1. The van der Waals surface area contributed by atoms with Crippen molar-refractivity contribution < 1.29 is 4.52 Å². The minimum atomic E-state index is -0.189. The summed E-state index contributed by atoms with van der Waals surface area (Å²) in [4.78, 5) is 6.83. The summed E-state index contributed by atoms with van der Waals surface area (Å²) in [5.41, 5.74) is 8.36. The molecule has 0 bridgehead atoms. The molecule has 1 fully saturated rings. The van der Waals surface area contributed by atoms with Crippen molar-refractivity contribution in [1.82, 2.24) is 15.0 Å². The average molecular weight is 286 g/mol. The molecule has 0 amide bonds. The van der Waals surface area contributed by atoms with E-state index >= 15 is 0 Å². The molecule has 0 saturated carbocycles. The molecule has 1 aromatic carbocycles. The maximum absolute atomic E-state index is 6.21. The van der Waals surface area contributed by atoms with Gasteiger partial charge in [-0.3, -0.25) is 0 Å². The van der Waals surface area contributed by atoms with Crippen molar-refractivity contribution in [1.29, 1.82) is 0 Å². The van der Waals surface area contributed by atoms with Crippen molar-refractivity contribution in [2.45, 2.75) is 32.2 Å². The molecule has 5 nitrogen and oxygen atoms in total. The molecular formula is C16H22N4O. The van der Waals surface area contributed by atoms with E-state index in [4.69, 9.17) is 10.3 Å². The molecule has 1 saturated heterocycles. The van der Waals surface area contributed by atoms with Crippen LogP contribution in [0.15, 0.2) is 28.8 Å². The SMILES string of the molecule is Cc1ccc(-c2nc(C(N)CN3CCCCC3)no2)cc1. The number of nitrogens with zero attached hydrogens (tertiary/aromatic N) is 3. The molecule has 112 valence electrons. The minimum absolute atomic E-state index is 0.189. The van der Waals surface area contributed by atoms with Gasteiger partial charge in [0.1, 0.15) is 0 Å². The van der Waals surface area contributed by atoms with Crippen LogP contribution in [0.3, 0.4) is 0 Å². The first-order chi connectivity index (χ1) is 10.2. The first-order valence-electron chi connectivity index (χ1n) is 7.61. The zero-order chi connectivity index (χ0) is 14.7. The first kappa shape index (κ1) is 14.2. The molecule has 0 radical (unpaired) electrons. The van der Waals surface area contributed by atoms with Gasteiger partial charge in [0.15, 0.2) is 5.82 Å². The molecule has 1 atom stereocenters. The molecule has 5 heteroatoms. The number of nitrogens with two attached hydrogens (primary N) is 1. The Bertz CT molecular complexity index is 572. The summed E-state index contributed by atoms with van der Waals surface area (Å²) in [5.74, 6) is 1.13. The van der Waals surface area contributed by atoms with E-state index in [2.05, 4.69) is 22.0 Å². The van der Waals surface area contributed by atoms with Crippen molar-refractivity contribution in [3.8, 4) is 11.5 Å². The van der Waals surface area contributed by atoms with Crippen LogP contribution in [0.4, 0.5) is 0 Å². The molecule has 1 aliphatic rings. The van der Waals surface area contributed by atoms with Gasteiger partial charge in [-0.25, -0.2) is 0 Å². The first-order valence-corrected chi connectivity index (χ1v) is 7.61. The highest BCUT2D eigenvalue weighted by atomic mass is 16.5. The summed E-state index contributed by atoms with van der Waals surface area (Å²) >= 11 is 0. The number of hydrogen-bond acceptors (Lipinski definition) is 5. The molecule has 1 aliphatic heterocycles. The second kappa shape index (κ2) is 6.37. The van der Waals surface area contributed by atoms with Gasteiger partial charge in [0.05, 0.1) is 6.04 Å². The Labute approximate surface area is 125 Å². The van der Waals surface area contributed by atoms with Crippen LogP contribution in [-0.2, 0) is 0 Å². The maximum Gasteiger partial charge on any atom is 0.257 e. The minimum Gasteiger partial charge on any atom is -0.334 e. The Morgan fingerprint density at radius 2 is 1.90 bits per heavy atom. The van der Waals surface area contributed by atoms with Crippen LogP contribution < -0.4 is 5.73 Å². The van der Waals surface area contributed by atoms with Crippen molar-refractivity contribution in [3.63, 3.8) is 0 Å². The average Bonchev–Trinajstić information content (AvgIpc) is 2.99. The topological polar surface area (TPSA) is 68.2 Å². The summed E-state index contributed by atoms with van der Waals surface area (Å²) in [5, 5.41) is 4.04. The van der Waals surface area contributed by atoms with Crippen molar-refractivity contribution >= 4 is 0 Å². The third-order valence-electron chi connectivity index (χ3n) is 3.98. The highest BCUT2D eigenvalue weighted by molar-refractivity contribution is 5.53. The Morgan fingerprint density at radius 1 is 1.19 bits per heavy atom. The van der Waals surface area contributed by atoms with Crippen LogP contribution in [0.5, 0.6) is 0 Å². The lowest BCUT2D eigenvalue weighted by atomic mass is 10.1. The summed E-state index contributed by atoms with van der Waals surface area (Å²) in [6.45, 7) is 5.09. The van der Waals surface area contributed by atoms with E-state index in [1.165, 1.54) is 24.8 Å². The van der Waals surface area contributed by atoms with E-state index in [-0.39, 0.29) is 6.04 Å². The fraction of sp³-hybridized carbons (Fsp3) is 0.500. The van der Waals surface area contributed by atoms with Crippen molar-refractivity contribution in [2.24, 2.45) is 5.73 Å². The van der Waals surface area contributed by atoms with Crippen LogP contribution >= 0.6 is 0 Å². The second-order valence-electron chi connectivity index (χ2n) is 5.79. The van der Waals surface area contributed by atoms with Crippen LogP contribution in [0.1, 0.15) is 36.7 Å². The van der Waals surface area contributed by atoms with Gasteiger partial charge in [-0.05, 0) is 45.0 Å². The Morgan fingerprint density at radius 3 is 2.62 bits per heavy atom. The van der Waals surface area contributed by atoms with Crippen LogP contribution in [0.2, 0.25) is 0 Å². The molecule has 2 heterocycles. The Kier molecular flexibility index (Phi) is 4.31. The van der Waals surface area contributed by atoms with Gasteiger partial charge in [0, 0.05) is 12.1 Å². The standard InChI is InChI=1S/C16H22N4O/c1-12-5-7-13(8-6-12)16-18-15(19-21-16)14(17)11-20-9-3-2-4-10-20/h5-8,14H,2-4,9-11,17H2,1H3. The zero-order valence-electron chi connectivity index (χ0n) is 12.5. The van der Waals surface area contributed by atoms with E-state index < -0.39 is 0 Å². The summed E-state index contributed by atoms with van der Waals surface area (Å²) in [6, 6.07) is 7.86. The van der Waals surface area contributed by atoms with Gasteiger partial charge in [-0.15, -0.1) is 0 Å². The van der Waals surface area contributed by atoms with Crippen LogP contribution in [0, 0.1) is 6.92 Å². The predicted octanol–water partition coefficient (Wildman–Crippen LogP) is 2.53. The molecule has 0 spiro atoms. The third-order valence-corrected chi connectivity index (χ3v) is 3.98. The van der Waals surface area contributed by atoms with Gasteiger partial charge in [-0.1, -0.05) is 29.3 Å². The van der Waals surface area contributed by atoms with E-state index in [0.717, 1.165) is 25.2 Å². The smallest absolute Gasteiger partial charge is 0.257 e. The van der Waals surface area contributed by atoms with Crippen LogP contribution in [-0.4, -0.2) is 34.7 Å². The number of aromatic nitrogens is 2. The molecule has 2 N–H and O–H groups in total. The van der Waals surface area contributed by atoms with Crippen LogP contribution in [0.25, 0.3) is 11.5 Å². The van der Waals surface area contributed by atoms with Crippen molar-refractivity contribution in [2.75, 3.05) is 19.6 Å². The third kappa shape index (κ3) is 3.49. The summed E-state index contributed by atoms with van der Waals surface area (Å²) in [7, 11) is 0. The van der Waals surface area contributed by atoms with E-state index in [9.17, 15) is 0 Å². The van der Waals surface area contributed by atoms with Crippen molar-refractivity contribution in [3.05, 3.63) is 35.7 Å². The Hall–Kier alpha value is -1.72. The van der Waals surface area contributed by atoms with E-state index in [0.29, 0.717) is 11.7 Å². The largest absolute Gasteiger partial charge is 0.334 e. The fourth-order valence-corrected chi connectivity index (χ4v) is 2.70.